The Labute approximate surface area is 81.9 Å². The van der Waals surface area contributed by atoms with E-state index in [1.165, 1.54) is 16.8 Å². The third-order valence-corrected chi connectivity index (χ3v) is 2.23. The van der Waals surface area contributed by atoms with Crippen molar-refractivity contribution in [2.45, 2.75) is 13.8 Å². The molecule has 0 fully saturated rings. The van der Waals surface area contributed by atoms with Crippen LogP contribution in [0.1, 0.15) is 11.1 Å². The highest BCUT2D eigenvalue weighted by Gasteiger charge is 2.03. The highest BCUT2D eigenvalue weighted by Crippen LogP contribution is 2.25. The Morgan fingerprint density at radius 1 is 1.18 bits per heavy atom. The van der Waals surface area contributed by atoms with E-state index in [4.69, 9.17) is 0 Å². The molecule has 0 spiro atoms. The van der Waals surface area contributed by atoms with Crippen LogP contribution in [0.5, 0.6) is 0 Å². The van der Waals surface area contributed by atoms with Crippen molar-refractivity contribution in [2.24, 2.45) is 0 Å². The number of nitrogens with zero attached hydrogens (tertiary/aromatic N) is 1. The average Bonchev–Trinajstić information content (AvgIpc) is 1.85. The van der Waals surface area contributed by atoms with Crippen LogP contribution in [0.15, 0.2) is 18.2 Å². The maximum absolute atomic E-state index is 2.29. The van der Waals surface area contributed by atoms with Gasteiger partial charge in [0.1, 0.15) is 0 Å². The maximum Gasteiger partial charge on any atom is 0.0588 e. The Morgan fingerprint density at radius 2 is 1.64 bits per heavy atom. The SMILES string of the molecule is Cc1cccc(C)c1N(C)I. The van der Waals surface area contributed by atoms with E-state index in [2.05, 4.69) is 65.1 Å². The first-order valence-electron chi connectivity index (χ1n) is 3.58. The first-order chi connectivity index (χ1) is 5.13. The molecule has 0 atom stereocenters. The fraction of sp³-hybridized carbons (Fsp3) is 0.333. The highest BCUT2D eigenvalue weighted by molar-refractivity contribution is 14.1. The summed E-state index contributed by atoms with van der Waals surface area (Å²) < 4.78 is 2.13. The van der Waals surface area contributed by atoms with Gasteiger partial charge in [0, 0.05) is 7.05 Å². The minimum absolute atomic E-state index is 1.33. The quantitative estimate of drug-likeness (QED) is 0.554. The van der Waals surface area contributed by atoms with Crippen molar-refractivity contribution in [3.63, 3.8) is 0 Å². The number of rotatable bonds is 1. The van der Waals surface area contributed by atoms with Crippen molar-refractivity contribution >= 4 is 28.6 Å². The second-order valence-corrected chi connectivity index (χ2v) is 4.16. The lowest BCUT2D eigenvalue weighted by atomic mass is 10.1. The van der Waals surface area contributed by atoms with Crippen molar-refractivity contribution < 1.29 is 0 Å². The molecular weight excluding hydrogens is 249 g/mol. The number of aryl methyl sites for hydroxylation is 2. The lowest BCUT2D eigenvalue weighted by Gasteiger charge is -2.15. The second-order valence-electron chi connectivity index (χ2n) is 2.72. The number of hydrogen-bond acceptors (Lipinski definition) is 1. The molecule has 0 aromatic heterocycles. The molecule has 0 bridgehead atoms. The van der Waals surface area contributed by atoms with Gasteiger partial charge in [0.25, 0.3) is 0 Å². The molecule has 0 heterocycles. The lowest BCUT2D eigenvalue weighted by molar-refractivity contribution is 1.29. The van der Waals surface area contributed by atoms with Gasteiger partial charge in [-0.05, 0) is 25.0 Å². The second kappa shape index (κ2) is 3.43. The Hall–Kier alpha value is -0.250. The predicted molar refractivity (Wildman–Crippen MR) is 58.3 cm³/mol. The van der Waals surface area contributed by atoms with Gasteiger partial charge in [-0.15, -0.1) is 0 Å². The van der Waals surface area contributed by atoms with Crippen LogP contribution in [0.25, 0.3) is 0 Å². The number of anilines is 1. The molecule has 2 heteroatoms. The summed E-state index contributed by atoms with van der Waals surface area (Å²) >= 11 is 2.29. The van der Waals surface area contributed by atoms with Crippen LogP contribution >= 0.6 is 22.9 Å². The molecule has 0 saturated carbocycles. The molecule has 60 valence electrons. The molecule has 0 N–H and O–H groups in total. The highest BCUT2D eigenvalue weighted by atomic mass is 127. The zero-order chi connectivity index (χ0) is 8.43. The standard InChI is InChI=1S/C9H12IN/c1-7-5-4-6-8(2)9(7)11(3)10/h4-6H,1-3H3. The molecule has 11 heavy (non-hydrogen) atoms. The smallest absolute Gasteiger partial charge is 0.0588 e. The Bertz CT molecular complexity index is 235. The molecule has 1 nitrogen and oxygen atoms in total. The molecule has 1 aromatic carbocycles. The van der Waals surface area contributed by atoms with Crippen molar-refractivity contribution in [1.29, 1.82) is 0 Å². The van der Waals surface area contributed by atoms with Crippen LogP contribution in [0.3, 0.4) is 0 Å². The molecule has 0 unspecified atom stereocenters. The summed E-state index contributed by atoms with van der Waals surface area (Å²) in [5, 5.41) is 0. The number of para-hydroxylation sites is 1. The van der Waals surface area contributed by atoms with Crippen molar-refractivity contribution in [1.82, 2.24) is 0 Å². The summed E-state index contributed by atoms with van der Waals surface area (Å²) in [4.78, 5) is 0. The number of halogens is 1. The van der Waals surface area contributed by atoms with E-state index in [-0.39, 0.29) is 0 Å². The fourth-order valence-electron chi connectivity index (χ4n) is 1.29. The summed E-state index contributed by atoms with van der Waals surface area (Å²) in [5.74, 6) is 0. The molecule has 0 saturated heterocycles. The third kappa shape index (κ3) is 1.86. The molecule has 0 aliphatic heterocycles. The van der Waals surface area contributed by atoms with E-state index in [9.17, 15) is 0 Å². The van der Waals surface area contributed by atoms with Crippen LogP contribution in [0.4, 0.5) is 5.69 Å². The first kappa shape index (κ1) is 8.84. The predicted octanol–water partition coefficient (Wildman–Crippen LogP) is 3.09. The van der Waals surface area contributed by atoms with Crippen molar-refractivity contribution in [3.05, 3.63) is 29.3 Å². The van der Waals surface area contributed by atoms with Crippen LogP contribution in [0, 0.1) is 13.8 Å². The van der Waals surface area contributed by atoms with Gasteiger partial charge in [-0.1, -0.05) is 18.2 Å². The van der Waals surface area contributed by atoms with Crippen molar-refractivity contribution in [3.8, 4) is 0 Å². The Kier molecular flexibility index (Phi) is 2.76. The van der Waals surface area contributed by atoms with E-state index in [1.807, 2.05) is 0 Å². The minimum Gasteiger partial charge on any atom is -0.317 e. The molecule has 0 radical (unpaired) electrons. The zero-order valence-electron chi connectivity index (χ0n) is 7.06. The molecule has 0 aliphatic carbocycles. The van der Waals surface area contributed by atoms with Crippen LogP contribution in [-0.2, 0) is 0 Å². The van der Waals surface area contributed by atoms with E-state index < -0.39 is 0 Å². The van der Waals surface area contributed by atoms with Gasteiger partial charge >= 0.3 is 0 Å². The monoisotopic (exact) mass is 261 g/mol. The third-order valence-electron chi connectivity index (χ3n) is 1.75. The van der Waals surface area contributed by atoms with Gasteiger partial charge in [-0.2, -0.15) is 0 Å². The van der Waals surface area contributed by atoms with Crippen LogP contribution in [0.2, 0.25) is 0 Å². The van der Waals surface area contributed by atoms with Gasteiger partial charge < -0.3 is 3.11 Å². The van der Waals surface area contributed by atoms with Gasteiger partial charge in [-0.25, -0.2) is 0 Å². The van der Waals surface area contributed by atoms with Crippen LogP contribution in [-0.4, -0.2) is 7.05 Å². The zero-order valence-corrected chi connectivity index (χ0v) is 9.21. The normalized spacial score (nSPS) is 9.82. The van der Waals surface area contributed by atoms with Crippen molar-refractivity contribution in [2.75, 3.05) is 10.2 Å². The van der Waals surface area contributed by atoms with Gasteiger partial charge in [-0.3, -0.25) is 0 Å². The number of hydrogen-bond donors (Lipinski definition) is 0. The summed E-state index contributed by atoms with van der Waals surface area (Å²) in [7, 11) is 2.07. The van der Waals surface area contributed by atoms with Gasteiger partial charge in [0.15, 0.2) is 0 Å². The Balaban J connectivity index is 3.21. The van der Waals surface area contributed by atoms with Gasteiger partial charge in [0.05, 0.1) is 28.6 Å². The maximum atomic E-state index is 2.29. The largest absolute Gasteiger partial charge is 0.317 e. The van der Waals surface area contributed by atoms with E-state index in [1.54, 1.807) is 0 Å². The summed E-state index contributed by atoms with van der Waals surface area (Å²) in [6, 6.07) is 6.36. The van der Waals surface area contributed by atoms with E-state index in [0.717, 1.165) is 0 Å². The molecule has 0 amide bonds. The molecule has 1 aromatic rings. The lowest BCUT2D eigenvalue weighted by Crippen LogP contribution is -2.03. The molecule has 1 rings (SSSR count). The van der Waals surface area contributed by atoms with E-state index in [0.29, 0.717) is 0 Å². The minimum atomic E-state index is 1.33. The van der Waals surface area contributed by atoms with Gasteiger partial charge in [0.2, 0.25) is 0 Å². The first-order valence-corrected chi connectivity index (χ1v) is 4.55. The number of benzene rings is 1. The summed E-state index contributed by atoms with van der Waals surface area (Å²) in [6.45, 7) is 4.27. The Morgan fingerprint density at radius 3 is 1.91 bits per heavy atom. The van der Waals surface area contributed by atoms with Crippen LogP contribution < -0.4 is 3.11 Å². The average molecular weight is 261 g/mol. The molecular formula is C9H12IN. The van der Waals surface area contributed by atoms with E-state index >= 15 is 0 Å². The topological polar surface area (TPSA) is 3.24 Å². The summed E-state index contributed by atoms with van der Waals surface area (Å²) in [5.41, 5.74) is 4.00. The molecule has 0 aliphatic rings. The summed E-state index contributed by atoms with van der Waals surface area (Å²) in [6.07, 6.45) is 0. The fourth-order valence-corrected chi connectivity index (χ4v) is 2.05.